The average Bonchev–Trinajstić information content (AvgIpc) is 3.43. The molecule has 2 aromatic carbocycles. The van der Waals surface area contributed by atoms with Crippen molar-refractivity contribution in [2.45, 2.75) is 12.8 Å². The number of furan rings is 1. The first-order chi connectivity index (χ1) is 15.3. The molecular formula is C23H17N5O3. The topological polar surface area (TPSA) is 95.2 Å². The van der Waals surface area contributed by atoms with Gasteiger partial charge in [-0.25, -0.2) is 19.9 Å². The highest BCUT2D eigenvalue weighted by Gasteiger charge is 2.15. The van der Waals surface area contributed by atoms with E-state index in [1.165, 1.54) is 11.9 Å². The lowest BCUT2D eigenvalue weighted by Crippen LogP contribution is -2.01. The van der Waals surface area contributed by atoms with Crippen LogP contribution in [0.25, 0.3) is 22.1 Å². The lowest BCUT2D eigenvalue weighted by Gasteiger charge is -2.06. The van der Waals surface area contributed by atoms with Gasteiger partial charge in [-0.05, 0) is 48.2 Å². The van der Waals surface area contributed by atoms with Gasteiger partial charge in [0.2, 0.25) is 12.7 Å². The molecule has 0 atom stereocenters. The van der Waals surface area contributed by atoms with Crippen LogP contribution in [0.1, 0.15) is 11.1 Å². The predicted octanol–water partition coefficient (Wildman–Crippen LogP) is 4.42. The van der Waals surface area contributed by atoms with Crippen molar-refractivity contribution in [1.82, 2.24) is 19.9 Å². The van der Waals surface area contributed by atoms with Crippen LogP contribution >= 0.6 is 0 Å². The van der Waals surface area contributed by atoms with Crippen LogP contribution in [0, 0.1) is 0 Å². The third-order valence-electron chi connectivity index (χ3n) is 5.23. The summed E-state index contributed by atoms with van der Waals surface area (Å²) in [7, 11) is 0. The lowest BCUT2D eigenvalue weighted by molar-refractivity contribution is 0.174. The second-order valence-electron chi connectivity index (χ2n) is 7.23. The molecule has 0 bridgehead atoms. The molecule has 3 aromatic heterocycles. The van der Waals surface area contributed by atoms with Crippen LogP contribution in [0.2, 0.25) is 0 Å². The fraction of sp³-hybridized carbons (Fsp3) is 0.130. The smallest absolute Gasteiger partial charge is 0.231 e. The van der Waals surface area contributed by atoms with E-state index >= 15 is 0 Å². The largest absolute Gasteiger partial charge is 0.454 e. The lowest BCUT2D eigenvalue weighted by atomic mass is 10.1. The average molecular weight is 411 g/mol. The second kappa shape index (κ2) is 7.24. The maximum Gasteiger partial charge on any atom is 0.231 e. The summed E-state index contributed by atoms with van der Waals surface area (Å²) < 4.78 is 16.7. The third kappa shape index (κ3) is 3.28. The summed E-state index contributed by atoms with van der Waals surface area (Å²) in [6, 6.07) is 13.8. The summed E-state index contributed by atoms with van der Waals surface area (Å²) in [6.45, 7) is 0.285. The molecular weight excluding hydrogens is 394 g/mol. The van der Waals surface area contributed by atoms with Gasteiger partial charge in [0.05, 0.1) is 0 Å². The number of ether oxygens (including phenoxy) is 2. The maximum atomic E-state index is 5.94. The number of hydrogen-bond acceptors (Lipinski definition) is 8. The van der Waals surface area contributed by atoms with Gasteiger partial charge in [0.15, 0.2) is 22.9 Å². The van der Waals surface area contributed by atoms with Gasteiger partial charge in [0, 0.05) is 17.8 Å². The van der Waals surface area contributed by atoms with Crippen molar-refractivity contribution in [2.75, 3.05) is 12.1 Å². The van der Waals surface area contributed by atoms with E-state index in [4.69, 9.17) is 13.9 Å². The normalized spacial score (nSPS) is 12.5. The zero-order chi connectivity index (χ0) is 20.6. The monoisotopic (exact) mass is 411 g/mol. The first kappa shape index (κ1) is 17.6. The highest BCUT2D eigenvalue weighted by Crippen LogP contribution is 2.33. The Morgan fingerprint density at radius 2 is 1.68 bits per heavy atom. The van der Waals surface area contributed by atoms with Gasteiger partial charge in [-0.2, -0.15) is 0 Å². The summed E-state index contributed by atoms with van der Waals surface area (Å²) in [5, 5.41) is 4.09. The molecule has 4 heterocycles. The van der Waals surface area contributed by atoms with Crippen molar-refractivity contribution in [2.24, 2.45) is 0 Å². The van der Waals surface area contributed by atoms with Gasteiger partial charge in [0.25, 0.3) is 0 Å². The fourth-order valence-electron chi connectivity index (χ4n) is 3.65. The van der Waals surface area contributed by atoms with Crippen LogP contribution in [0.4, 0.5) is 11.8 Å². The molecule has 8 nitrogen and oxygen atoms in total. The SMILES string of the molecule is c1ccc2c(c1)oc1c(Nc3ncc(CCc4ccc5c(c4)OCO5)cn3)ncnc12. The minimum atomic E-state index is 0.285. The Morgan fingerprint density at radius 3 is 2.61 bits per heavy atom. The van der Waals surface area contributed by atoms with Gasteiger partial charge in [-0.15, -0.1) is 0 Å². The van der Waals surface area contributed by atoms with E-state index in [0.717, 1.165) is 46.4 Å². The van der Waals surface area contributed by atoms with Crippen LogP contribution in [0.15, 0.2) is 65.6 Å². The molecule has 8 heteroatoms. The number of hydrogen-bond donors (Lipinski definition) is 1. The van der Waals surface area contributed by atoms with Gasteiger partial charge < -0.3 is 19.2 Å². The van der Waals surface area contributed by atoms with E-state index in [1.54, 1.807) is 0 Å². The molecule has 0 saturated carbocycles. The highest BCUT2D eigenvalue weighted by molar-refractivity contribution is 6.05. The van der Waals surface area contributed by atoms with E-state index in [2.05, 4.69) is 31.3 Å². The maximum absolute atomic E-state index is 5.94. The summed E-state index contributed by atoms with van der Waals surface area (Å²) >= 11 is 0. The number of rotatable bonds is 5. The minimum Gasteiger partial charge on any atom is -0.454 e. The molecule has 1 N–H and O–H groups in total. The number of anilines is 2. The summed E-state index contributed by atoms with van der Waals surface area (Å²) in [5.74, 6) is 2.59. The molecule has 0 fully saturated rings. The summed E-state index contributed by atoms with van der Waals surface area (Å²) in [4.78, 5) is 17.5. The Balaban J connectivity index is 1.18. The predicted molar refractivity (Wildman–Crippen MR) is 115 cm³/mol. The fourth-order valence-corrected chi connectivity index (χ4v) is 3.65. The molecule has 0 aliphatic carbocycles. The Kier molecular flexibility index (Phi) is 4.12. The summed E-state index contributed by atoms with van der Waals surface area (Å²) in [6.07, 6.45) is 6.82. The molecule has 1 aliphatic heterocycles. The second-order valence-corrected chi connectivity index (χ2v) is 7.23. The number of nitrogens with one attached hydrogen (secondary N) is 1. The minimum absolute atomic E-state index is 0.285. The molecule has 0 amide bonds. The van der Waals surface area contributed by atoms with Crippen LogP contribution < -0.4 is 14.8 Å². The molecule has 31 heavy (non-hydrogen) atoms. The summed E-state index contributed by atoms with van der Waals surface area (Å²) in [5.41, 5.74) is 4.33. The van der Waals surface area contributed by atoms with Gasteiger partial charge >= 0.3 is 0 Å². The van der Waals surface area contributed by atoms with Gasteiger partial charge in [-0.1, -0.05) is 18.2 Å². The van der Waals surface area contributed by atoms with E-state index < -0.39 is 0 Å². The van der Waals surface area contributed by atoms with Crippen molar-refractivity contribution >= 4 is 33.8 Å². The number of nitrogens with zero attached hydrogens (tertiary/aromatic N) is 4. The molecule has 0 saturated heterocycles. The zero-order valence-corrected chi connectivity index (χ0v) is 16.4. The first-order valence-corrected chi connectivity index (χ1v) is 9.92. The number of fused-ring (bicyclic) bond motifs is 4. The molecule has 6 rings (SSSR count). The van der Waals surface area contributed by atoms with Crippen molar-refractivity contribution in [3.63, 3.8) is 0 Å². The number of para-hydroxylation sites is 1. The molecule has 0 unspecified atom stereocenters. The molecule has 5 aromatic rings. The van der Waals surface area contributed by atoms with Gasteiger partial charge in [0.1, 0.15) is 17.4 Å². The number of aryl methyl sites for hydroxylation is 2. The molecule has 0 spiro atoms. The van der Waals surface area contributed by atoms with E-state index in [0.29, 0.717) is 17.3 Å². The van der Waals surface area contributed by atoms with Gasteiger partial charge in [-0.3, -0.25) is 0 Å². The molecule has 0 radical (unpaired) electrons. The van der Waals surface area contributed by atoms with Crippen LogP contribution in [-0.2, 0) is 12.8 Å². The Bertz CT molecular complexity index is 1400. The standard InChI is InChI=1S/C23H17N5O3/c1-2-4-17-16(3-1)20-21(31-17)22(27-12-26-20)28-23-24-10-15(11-25-23)6-5-14-7-8-18-19(9-14)30-13-29-18/h1-4,7-12H,5-6,13H2,(H,24,25,26,27,28). The number of aromatic nitrogens is 4. The Hall–Kier alpha value is -4.20. The number of benzene rings is 2. The molecule has 152 valence electrons. The van der Waals surface area contributed by atoms with E-state index in [1.807, 2.05) is 48.8 Å². The first-order valence-electron chi connectivity index (χ1n) is 9.92. The third-order valence-corrected chi connectivity index (χ3v) is 5.23. The van der Waals surface area contributed by atoms with Crippen molar-refractivity contribution in [3.8, 4) is 11.5 Å². The van der Waals surface area contributed by atoms with Crippen molar-refractivity contribution < 1.29 is 13.9 Å². The van der Waals surface area contributed by atoms with E-state index in [9.17, 15) is 0 Å². The Labute approximate surface area is 176 Å². The van der Waals surface area contributed by atoms with Crippen molar-refractivity contribution in [1.29, 1.82) is 0 Å². The van der Waals surface area contributed by atoms with Crippen LogP contribution in [0.5, 0.6) is 11.5 Å². The van der Waals surface area contributed by atoms with Crippen LogP contribution in [-0.4, -0.2) is 26.7 Å². The van der Waals surface area contributed by atoms with Crippen LogP contribution in [0.3, 0.4) is 0 Å². The highest BCUT2D eigenvalue weighted by atomic mass is 16.7. The zero-order valence-electron chi connectivity index (χ0n) is 16.4. The molecule has 1 aliphatic rings. The van der Waals surface area contributed by atoms with Crippen molar-refractivity contribution in [3.05, 3.63) is 72.3 Å². The Morgan fingerprint density at radius 1 is 0.839 bits per heavy atom. The quantitative estimate of drug-likeness (QED) is 0.454. The van der Waals surface area contributed by atoms with E-state index in [-0.39, 0.29) is 6.79 Å².